The predicted molar refractivity (Wildman–Crippen MR) is 80.6 cm³/mol. The molecule has 0 atom stereocenters. The van der Waals surface area contributed by atoms with Gasteiger partial charge in [0.05, 0.1) is 4.92 Å². The molecule has 0 unspecified atom stereocenters. The van der Waals surface area contributed by atoms with Crippen LogP contribution in [-0.4, -0.2) is 25.5 Å². The van der Waals surface area contributed by atoms with Crippen molar-refractivity contribution >= 4 is 27.1 Å². The number of anilines is 1. The Morgan fingerprint density at radius 2 is 1.78 bits per heavy atom. The largest absolute Gasteiger partial charge is 0.322 e. The van der Waals surface area contributed by atoms with Crippen molar-refractivity contribution in [3.05, 3.63) is 64.0 Å². The lowest BCUT2D eigenvalue weighted by molar-refractivity contribution is -0.387. The molecule has 9 heteroatoms. The summed E-state index contributed by atoms with van der Waals surface area (Å²) < 4.78 is 35.8. The van der Waals surface area contributed by atoms with Gasteiger partial charge in [-0.25, -0.2) is 12.8 Å². The van der Waals surface area contributed by atoms with Crippen molar-refractivity contribution in [3.63, 3.8) is 0 Å². The fraction of sp³-hybridized carbons (Fsp3) is 0.0714. The second-order valence-electron chi connectivity index (χ2n) is 4.67. The molecular weight excluding hydrogens is 327 g/mol. The number of nitrogens with zero attached hydrogens (tertiary/aromatic N) is 1. The van der Waals surface area contributed by atoms with Crippen LogP contribution < -0.4 is 5.32 Å². The lowest BCUT2D eigenvalue weighted by Gasteiger charge is -2.06. The van der Waals surface area contributed by atoms with Gasteiger partial charge in [0.1, 0.15) is 10.7 Å². The van der Waals surface area contributed by atoms with Crippen molar-refractivity contribution in [3.8, 4) is 0 Å². The molecule has 0 radical (unpaired) electrons. The van der Waals surface area contributed by atoms with Gasteiger partial charge in [-0.05, 0) is 36.4 Å². The molecule has 0 aliphatic rings. The number of nitro groups is 1. The molecule has 0 aliphatic carbocycles. The van der Waals surface area contributed by atoms with Crippen molar-refractivity contribution in [2.75, 3.05) is 11.6 Å². The summed E-state index contributed by atoms with van der Waals surface area (Å²) >= 11 is 0. The molecule has 0 aromatic heterocycles. The quantitative estimate of drug-likeness (QED) is 0.680. The number of carbonyl (C=O) groups is 1. The van der Waals surface area contributed by atoms with E-state index in [1.165, 1.54) is 18.2 Å². The number of hydrogen-bond acceptors (Lipinski definition) is 5. The average molecular weight is 338 g/mol. The van der Waals surface area contributed by atoms with Crippen LogP contribution in [0.15, 0.2) is 47.4 Å². The highest BCUT2D eigenvalue weighted by Gasteiger charge is 2.24. The maximum absolute atomic E-state index is 12.8. The molecule has 0 bridgehead atoms. The van der Waals surface area contributed by atoms with Crippen LogP contribution in [0.3, 0.4) is 0 Å². The van der Waals surface area contributed by atoms with Gasteiger partial charge in [0.25, 0.3) is 11.6 Å². The molecule has 23 heavy (non-hydrogen) atoms. The number of rotatable bonds is 4. The molecule has 0 spiro atoms. The highest BCUT2D eigenvalue weighted by molar-refractivity contribution is 7.90. The van der Waals surface area contributed by atoms with Crippen molar-refractivity contribution in [1.29, 1.82) is 0 Å². The van der Waals surface area contributed by atoms with E-state index in [-0.39, 0.29) is 5.56 Å². The minimum absolute atomic E-state index is 0.0894. The number of sulfone groups is 1. The summed E-state index contributed by atoms with van der Waals surface area (Å²) in [7, 11) is -3.80. The smallest absolute Gasteiger partial charge is 0.288 e. The topological polar surface area (TPSA) is 106 Å². The van der Waals surface area contributed by atoms with Gasteiger partial charge in [0.2, 0.25) is 0 Å². The van der Waals surface area contributed by atoms with Gasteiger partial charge in [-0.15, -0.1) is 0 Å². The Morgan fingerprint density at radius 1 is 1.17 bits per heavy atom. The van der Waals surface area contributed by atoms with Crippen molar-refractivity contribution in [2.45, 2.75) is 4.90 Å². The maximum Gasteiger partial charge on any atom is 0.288 e. The number of benzene rings is 2. The number of carbonyl (C=O) groups excluding carboxylic acids is 1. The van der Waals surface area contributed by atoms with Crippen LogP contribution in [0.25, 0.3) is 0 Å². The summed E-state index contributed by atoms with van der Waals surface area (Å²) in [5.74, 6) is -1.16. The highest BCUT2D eigenvalue weighted by Crippen LogP contribution is 2.25. The molecule has 0 heterocycles. The fourth-order valence-electron chi connectivity index (χ4n) is 1.85. The highest BCUT2D eigenvalue weighted by atomic mass is 32.2. The van der Waals surface area contributed by atoms with E-state index in [9.17, 15) is 27.7 Å². The second-order valence-corrected chi connectivity index (χ2v) is 6.66. The van der Waals surface area contributed by atoms with Crippen LogP contribution in [-0.2, 0) is 9.84 Å². The third-order valence-electron chi connectivity index (χ3n) is 2.92. The molecule has 2 rings (SSSR count). The van der Waals surface area contributed by atoms with E-state index in [1.54, 1.807) is 0 Å². The summed E-state index contributed by atoms with van der Waals surface area (Å²) in [4.78, 5) is 21.7. The van der Waals surface area contributed by atoms with Gasteiger partial charge in [-0.1, -0.05) is 0 Å². The van der Waals surface area contributed by atoms with Gasteiger partial charge in [-0.3, -0.25) is 14.9 Å². The first kappa shape index (κ1) is 16.6. The van der Waals surface area contributed by atoms with E-state index < -0.39 is 37.1 Å². The summed E-state index contributed by atoms with van der Waals surface area (Å²) in [5.41, 5.74) is -0.473. The molecule has 0 saturated heterocycles. The van der Waals surface area contributed by atoms with Crippen LogP contribution in [0.1, 0.15) is 10.4 Å². The Labute approximate surface area is 130 Å². The van der Waals surface area contributed by atoms with Crippen molar-refractivity contribution in [2.24, 2.45) is 0 Å². The van der Waals surface area contributed by atoms with E-state index >= 15 is 0 Å². The van der Waals surface area contributed by atoms with Gasteiger partial charge >= 0.3 is 0 Å². The number of hydrogen-bond donors (Lipinski definition) is 1. The van der Waals surface area contributed by atoms with Crippen LogP contribution in [0.5, 0.6) is 0 Å². The van der Waals surface area contributed by atoms with Crippen LogP contribution in [0.2, 0.25) is 0 Å². The lowest BCUT2D eigenvalue weighted by Crippen LogP contribution is -2.13. The molecule has 0 aliphatic heterocycles. The zero-order valence-corrected chi connectivity index (χ0v) is 12.6. The molecule has 7 nitrogen and oxygen atoms in total. The number of nitro benzene ring substituents is 1. The number of nitrogens with one attached hydrogen (secondary N) is 1. The first-order valence-corrected chi connectivity index (χ1v) is 8.13. The lowest BCUT2D eigenvalue weighted by atomic mass is 10.2. The van der Waals surface area contributed by atoms with E-state index in [0.29, 0.717) is 5.69 Å². The molecule has 2 aromatic rings. The maximum atomic E-state index is 12.8. The first-order chi connectivity index (χ1) is 10.7. The van der Waals surface area contributed by atoms with Gasteiger partial charge in [0.15, 0.2) is 9.84 Å². The SMILES string of the molecule is CS(=O)(=O)c1ccc(C(=O)Nc2ccc(F)cc2)cc1[N+](=O)[O-]. The van der Waals surface area contributed by atoms with E-state index in [0.717, 1.165) is 30.5 Å². The number of amides is 1. The Morgan fingerprint density at radius 3 is 2.30 bits per heavy atom. The Bertz CT molecular complexity index is 879. The second kappa shape index (κ2) is 6.13. The van der Waals surface area contributed by atoms with Crippen LogP contribution in [0.4, 0.5) is 15.8 Å². The van der Waals surface area contributed by atoms with Gasteiger partial charge in [0, 0.05) is 23.6 Å². The monoisotopic (exact) mass is 338 g/mol. The average Bonchev–Trinajstić information content (AvgIpc) is 2.48. The predicted octanol–water partition coefficient (Wildman–Crippen LogP) is 2.39. The zero-order valence-electron chi connectivity index (χ0n) is 11.8. The molecule has 1 N–H and O–H groups in total. The minimum atomic E-state index is -3.80. The molecule has 0 fully saturated rings. The van der Waals surface area contributed by atoms with E-state index in [1.807, 2.05) is 0 Å². The normalized spacial score (nSPS) is 11.0. The summed E-state index contributed by atoms with van der Waals surface area (Å²) in [6.07, 6.45) is 0.841. The summed E-state index contributed by atoms with van der Waals surface area (Å²) in [6.45, 7) is 0. The minimum Gasteiger partial charge on any atom is -0.322 e. The Balaban J connectivity index is 2.36. The van der Waals surface area contributed by atoms with E-state index in [2.05, 4.69) is 5.32 Å². The Kier molecular flexibility index (Phi) is 4.41. The van der Waals surface area contributed by atoms with Crippen LogP contribution in [0, 0.1) is 15.9 Å². The van der Waals surface area contributed by atoms with Crippen molar-refractivity contribution < 1.29 is 22.5 Å². The van der Waals surface area contributed by atoms with Crippen molar-refractivity contribution in [1.82, 2.24) is 0 Å². The van der Waals surface area contributed by atoms with Gasteiger partial charge in [-0.2, -0.15) is 0 Å². The Hall–Kier alpha value is -2.81. The zero-order chi connectivity index (χ0) is 17.2. The molecule has 1 amide bonds. The van der Waals surface area contributed by atoms with E-state index in [4.69, 9.17) is 0 Å². The summed E-state index contributed by atoms with van der Waals surface area (Å²) in [5, 5.41) is 13.4. The molecular formula is C14H11FN2O5S. The van der Waals surface area contributed by atoms with Gasteiger partial charge < -0.3 is 5.32 Å². The third-order valence-corrected chi connectivity index (χ3v) is 4.06. The summed E-state index contributed by atoms with van der Waals surface area (Å²) in [6, 6.07) is 8.00. The standard InChI is InChI=1S/C14H11FN2O5S/c1-23(21,22)13-7-2-9(8-12(13)17(19)20)14(18)16-11-5-3-10(15)4-6-11/h2-8H,1H3,(H,16,18). The molecule has 0 saturated carbocycles. The first-order valence-electron chi connectivity index (χ1n) is 6.24. The number of halogens is 1. The fourth-order valence-corrected chi connectivity index (χ4v) is 2.68. The molecule has 120 valence electrons. The molecule has 2 aromatic carbocycles. The van der Waals surface area contributed by atoms with Crippen LogP contribution >= 0.6 is 0 Å². The third kappa shape index (κ3) is 3.89.